The molecule has 2 heterocycles. The fraction of sp³-hybridized carbons (Fsp3) is 0.174. The van der Waals surface area contributed by atoms with Gasteiger partial charge in [-0.25, -0.2) is 4.68 Å². The summed E-state index contributed by atoms with van der Waals surface area (Å²) >= 11 is 0. The minimum atomic E-state index is -0.277. The van der Waals surface area contributed by atoms with Crippen molar-refractivity contribution in [2.45, 2.75) is 19.5 Å². The molecule has 0 aliphatic rings. The molecule has 152 valence electrons. The van der Waals surface area contributed by atoms with Crippen LogP contribution in [0.5, 0.6) is 5.75 Å². The molecule has 30 heavy (non-hydrogen) atoms. The van der Waals surface area contributed by atoms with E-state index in [4.69, 9.17) is 4.74 Å². The van der Waals surface area contributed by atoms with Gasteiger partial charge in [0.25, 0.3) is 5.91 Å². The Bertz CT molecular complexity index is 1100. The van der Waals surface area contributed by atoms with Gasteiger partial charge in [0.15, 0.2) is 11.5 Å². The first-order chi connectivity index (χ1) is 14.7. The van der Waals surface area contributed by atoms with Crippen LogP contribution in [-0.2, 0) is 6.54 Å². The van der Waals surface area contributed by atoms with E-state index in [1.54, 1.807) is 11.8 Å². The van der Waals surface area contributed by atoms with Crippen molar-refractivity contribution in [3.8, 4) is 11.6 Å². The average Bonchev–Trinajstić information content (AvgIpc) is 3.44. The number of hydrogen-bond acceptors (Lipinski definition) is 4. The molecule has 0 fully saturated rings. The Hall–Kier alpha value is -3.87. The zero-order chi connectivity index (χ0) is 20.9. The van der Waals surface area contributed by atoms with Crippen molar-refractivity contribution >= 4 is 5.91 Å². The zero-order valence-corrected chi connectivity index (χ0v) is 16.9. The number of carbonyl (C=O) groups excluding carboxylic acids is 1. The smallest absolute Gasteiger partial charge is 0.276 e. The van der Waals surface area contributed by atoms with E-state index in [0.29, 0.717) is 12.4 Å². The number of rotatable bonds is 7. The number of hydrogen-bond donors (Lipinski definition) is 1. The minimum Gasteiger partial charge on any atom is -0.497 e. The molecule has 0 unspecified atom stereocenters. The topological polar surface area (TPSA) is 74.0 Å². The standard InChI is InChI=1S/C23H23N5O2/c1-17(19-10-12-20(30-2)13-11-19)24-22(29)21-23(27-14-6-7-15-27)28(26-25-21)16-18-8-4-3-5-9-18/h3-15,17H,16H2,1-2H3,(H,24,29)/t17-/m1/s1. The van der Waals surface area contributed by atoms with Crippen LogP contribution < -0.4 is 10.1 Å². The highest BCUT2D eigenvalue weighted by molar-refractivity contribution is 5.95. The molecule has 2 aromatic carbocycles. The van der Waals surface area contributed by atoms with Gasteiger partial charge < -0.3 is 14.6 Å². The van der Waals surface area contributed by atoms with Crippen LogP contribution in [0.2, 0.25) is 0 Å². The van der Waals surface area contributed by atoms with Crippen molar-refractivity contribution in [2.75, 3.05) is 7.11 Å². The van der Waals surface area contributed by atoms with Crippen LogP contribution in [0.1, 0.15) is 34.6 Å². The Labute approximate surface area is 174 Å². The summed E-state index contributed by atoms with van der Waals surface area (Å²) in [5, 5.41) is 11.5. The molecule has 4 rings (SSSR count). The van der Waals surface area contributed by atoms with E-state index < -0.39 is 0 Å². The summed E-state index contributed by atoms with van der Waals surface area (Å²) in [6.45, 7) is 2.45. The number of nitrogens with one attached hydrogen (secondary N) is 1. The summed E-state index contributed by atoms with van der Waals surface area (Å²) < 4.78 is 8.79. The second-order valence-corrected chi connectivity index (χ2v) is 6.96. The van der Waals surface area contributed by atoms with Crippen LogP contribution in [0.15, 0.2) is 79.1 Å². The van der Waals surface area contributed by atoms with Gasteiger partial charge >= 0.3 is 0 Å². The molecule has 4 aromatic rings. The quantitative estimate of drug-likeness (QED) is 0.513. The summed E-state index contributed by atoms with van der Waals surface area (Å²) in [6.07, 6.45) is 3.76. The maximum absolute atomic E-state index is 13.1. The van der Waals surface area contributed by atoms with E-state index in [0.717, 1.165) is 16.9 Å². The highest BCUT2D eigenvalue weighted by Gasteiger charge is 2.23. The number of amides is 1. The first kappa shape index (κ1) is 19.4. The van der Waals surface area contributed by atoms with E-state index in [1.807, 2.05) is 90.6 Å². The number of aromatic nitrogens is 4. The normalized spacial score (nSPS) is 11.8. The Balaban J connectivity index is 1.60. The van der Waals surface area contributed by atoms with E-state index >= 15 is 0 Å². The van der Waals surface area contributed by atoms with Gasteiger partial charge in [0, 0.05) is 12.4 Å². The second-order valence-electron chi connectivity index (χ2n) is 6.96. The van der Waals surface area contributed by atoms with Crippen LogP contribution in [0.3, 0.4) is 0 Å². The largest absolute Gasteiger partial charge is 0.497 e. The summed E-state index contributed by atoms with van der Waals surface area (Å²) in [5.74, 6) is 1.13. The van der Waals surface area contributed by atoms with Gasteiger partial charge in [-0.05, 0) is 42.3 Å². The third kappa shape index (κ3) is 4.10. The van der Waals surface area contributed by atoms with Gasteiger partial charge in [-0.15, -0.1) is 5.10 Å². The van der Waals surface area contributed by atoms with Gasteiger partial charge in [0.2, 0.25) is 0 Å². The Morgan fingerprint density at radius 2 is 1.73 bits per heavy atom. The van der Waals surface area contributed by atoms with Gasteiger partial charge in [-0.3, -0.25) is 4.79 Å². The lowest BCUT2D eigenvalue weighted by molar-refractivity contribution is 0.0934. The van der Waals surface area contributed by atoms with Crippen molar-refractivity contribution in [2.24, 2.45) is 0 Å². The molecule has 0 spiro atoms. The molecule has 7 nitrogen and oxygen atoms in total. The molecule has 2 aromatic heterocycles. The predicted molar refractivity (Wildman–Crippen MR) is 114 cm³/mol. The van der Waals surface area contributed by atoms with Gasteiger partial charge in [-0.2, -0.15) is 0 Å². The molecule has 0 saturated heterocycles. The van der Waals surface area contributed by atoms with Crippen LogP contribution in [0.4, 0.5) is 0 Å². The Morgan fingerprint density at radius 3 is 2.40 bits per heavy atom. The molecule has 0 saturated carbocycles. The number of nitrogens with zero attached hydrogens (tertiary/aromatic N) is 4. The Morgan fingerprint density at radius 1 is 1.03 bits per heavy atom. The molecular weight excluding hydrogens is 378 g/mol. The second kappa shape index (κ2) is 8.65. The third-order valence-corrected chi connectivity index (χ3v) is 4.91. The lowest BCUT2D eigenvalue weighted by Gasteiger charge is -2.15. The summed E-state index contributed by atoms with van der Waals surface area (Å²) in [5.41, 5.74) is 2.33. The van der Waals surface area contributed by atoms with Crippen LogP contribution in [-0.4, -0.2) is 32.6 Å². The van der Waals surface area contributed by atoms with E-state index in [-0.39, 0.29) is 17.6 Å². The molecule has 1 N–H and O–H groups in total. The van der Waals surface area contributed by atoms with E-state index in [9.17, 15) is 4.79 Å². The number of carbonyl (C=O) groups is 1. The molecule has 0 radical (unpaired) electrons. The van der Waals surface area contributed by atoms with Crippen LogP contribution in [0, 0.1) is 0 Å². The van der Waals surface area contributed by atoms with E-state index in [2.05, 4.69) is 15.6 Å². The number of ether oxygens (including phenoxy) is 1. The molecule has 1 amide bonds. The van der Waals surface area contributed by atoms with Crippen molar-refractivity contribution < 1.29 is 9.53 Å². The third-order valence-electron chi connectivity index (χ3n) is 4.91. The zero-order valence-electron chi connectivity index (χ0n) is 16.9. The molecular formula is C23H23N5O2. The van der Waals surface area contributed by atoms with Gasteiger partial charge in [0.1, 0.15) is 5.75 Å². The molecule has 0 aliphatic carbocycles. The monoisotopic (exact) mass is 401 g/mol. The summed E-state index contributed by atoms with van der Waals surface area (Å²) in [4.78, 5) is 13.1. The molecule has 0 bridgehead atoms. The lowest BCUT2D eigenvalue weighted by Crippen LogP contribution is -2.28. The minimum absolute atomic E-state index is 0.194. The van der Waals surface area contributed by atoms with Crippen molar-refractivity contribution in [3.63, 3.8) is 0 Å². The average molecular weight is 401 g/mol. The maximum Gasteiger partial charge on any atom is 0.276 e. The highest BCUT2D eigenvalue weighted by atomic mass is 16.5. The van der Waals surface area contributed by atoms with Crippen LogP contribution >= 0.6 is 0 Å². The fourth-order valence-corrected chi connectivity index (χ4v) is 3.29. The molecule has 0 aliphatic heterocycles. The van der Waals surface area contributed by atoms with Crippen molar-refractivity contribution in [3.05, 3.63) is 95.9 Å². The van der Waals surface area contributed by atoms with Crippen molar-refractivity contribution in [1.82, 2.24) is 24.9 Å². The van der Waals surface area contributed by atoms with Gasteiger partial charge in [0.05, 0.1) is 19.7 Å². The highest BCUT2D eigenvalue weighted by Crippen LogP contribution is 2.19. The Kier molecular flexibility index (Phi) is 5.61. The summed E-state index contributed by atoms with van der Waals surface area (Å²) in [6, 6.07) is 21.2. The van der Waals surface area contributed by atoms with Gasteiger partial charge in [-0.1, -0.05) is 47.7 Å². The fourth-order valence-electron chi connectivity index (χ4n) is 3.29. The maximum atomic E-state index is 13.1. The van der Waals surface area contributed by atoms with Crippen LogP contribution in [0.25, 0.3) is 5.82 Å². The first-order valence-electron chi connectivity index (χ1n) is 9.71. The summed E-state index contributed by atoms with van der Waals surface area (Å²) in [7, 11) is 1.63. The number of benzene rings is 2. The molecule has 7 heteroatoms. The lowest BCUT2D eigenvalue weighted by atomic mass is 10.1. The predicted octanol–water partition coefficient (Wildman–Crippen LogP) is 3.62. The number of methoxy groups -OCH3 is 1. The first-order valence-corrected chi connectivity index (χ1v) is 9.71. The SMILES string of the molecule is COc1ccc([C@@H](C)NC(=O)c2nnn(Cc3ccccc3)c2-n2cccc2)cc1. The van der Waals surface area contributed by atoms with E-state index in [1.165, 1.54) is 0 Å². The molecule has 1 atom stereocenters. The van der Waals surface area contributed by atoms with Crippen molar-refractivity contribution in [1.29, 1.82) is 0 Å².